The van der Waals surface area contributed by atoms with E-state index in [-0.39, 0.29) is 0 Å². The lowest BCUT2D eigenvalue weighted by molar-refractivity contribution is 0.422. The molecule has 0 saturated carbocycles. The molecule has 0 aromatic carbocycles. The molecule has 0 saturated heterocycles. The van der Waals surface area contributed by atoms with Gasteiger partial charge in [0.25, 0.3) is 0 Å². The lowest BCUT2D eigenvalue weighted by Gasteiger charge is -2.26. The first-order valence-corrected chi connectivity index (χ1v) is 6.07. The highest BCUT2D eigenvalue weighted by Crippen LogP contribution is 2.38. The minimum Gasteiger partial charge on any atom is -0.128 e. The normalized spacial score (nSPS) is 15.7. The number of halogens is 1. The average molecular weight is 217 g/mol. The third-order valence-electron chi connectivity index (χ3n) is 2.75. The van der Waals surface area contributed by atoms with Gasteiger partial charge in [-0.3, -0.25) is 0 Å². The van der Waals surface area contributed by atoms with Gasteiger partial charge in [0.1, 0.15) is 0 Å². The van der Waals surface area contributed by atoms with Crippen LogP contribution in [0.2, 0.25) is 4.34 Å². The van der Waals surface area contributed by atoms with Crippen molar-refractivity contribution in [2.75, 3.05) is 0 Å². The Morgan fingerprint density at radius 1 is 1.38 bits per heavy atom. The zero-order valence-corrected chi connectivity index (χ0v) is 10.1. The number of rotatable bonds is 4. The van der Waals surface area contributed by atoms with Crippen LogP contribution in [0.15, 0.2) is 12.1 Å². The molecule has 1 unspecified atom stereocenters. The van der Waals surface area contributed by atoms with E-state index in [9.17, 15) is 0 Å². The lowest BCUT2D eigenvalue weighted by Crippen LogP contribution is -2.18. The lowest BCUT2D eigenvalue weighted by atomic mass is 9.81. The van der Waals surface area contributed by atoms with Crippen molar-refractivity contribution in [2.45, 2.75) is 45.4 Å². The molecule has 0 bridgehead atoms. The van der Waals surface area contributed by atoms with E-state index in [1.165, 1.54) is 24.1 Å². The van der Waals surface area contributed by atoms with Gasteiger partial charge in [-0.1, -0.05) is 38.8 Å². The van der Waals surface area contributed by atoms with Crippen LogP contribution in [0.4, 0.5) is 0 Å². The molecule has 0 aliphatic carbocycles. The predicted octanol–water partition coefficient (Wildman–Crippen LogP) is 4.87. The monoisotopic (exact) mass is 216 g/mol. The number of hydrogen-bond acceptors (Lipinski definition) is 1. The Morgan fingerprint density at radius 3 is 2.46 bits per heavy atom. The first-order valence-electron chi connectivity index (χ1n) is 4.88. The van der Waals surface area contributed by atoms with Crippen LogP contribution >= 0.6 is 22.9 Å². The molecule has 0 spiro atoms. The molecule has 0 radical (unpaired) electrons. The summed E-state index contributed by atoms with van der Waals surface area (Å²) in [4.78, 5) is 1.43. The fourth-order valence-corrected chi connectivity index (χ4v) is 2.95. The van der Waals surface area contributed by atoms with E-state index in [1.54, 1.807) is 11.3 Å². The molecule has 2 heteroatoms. The molecule has 1 aromatic heterocycles. The minimum atomic E-state index is 0.340. The third kappa shape index (κ3) is 2.47. The maximum Gasteiger partial charge on any atom is 0.0931 e. The molecule has 74 valence electrons. The van der Waals surface area contributed by atoms with Gasteiger partial charge >= 0.3 is 0 Å². The number of thiophene rings is 1. The molecule has 1 heterocycles. The summed E-state index contributed by atoms with van der Waals surface area (Å²) < 4.78 is 0.908. The van der Waals surface area contributed by atoms with Crippen LogP contribution in [-0.2, 0) is 5.41 Å². The molecule has 1 rings (SSSR count). The van der Waals surface area contributed by atoms with Crippen LogP contribution in [-0.4, -0.2) is 0 Å². The first kappa shape index (κ1) is 11.1. The molecule has 0 aliphatic rings. The van der Waals surface area contributed by atoms with E-state index >= 15 is 0 Å². The summed E-state index contributed by atoms with van der Waals surface area (Å²) in [5.74, 6) is 0. The van der Waals surface area contributed by atoms with E-state index in [2.05, 4.69) is 26.8 Å². The minimum absolute atomic E-state index is 0.340. The average Bonchev–Trinajstić information content (AvgIpc) is 2.52. The molecule has 13 heavy (non-hydrogen) atoms. The Balaban J connectivity index is 2.88. The van der Waals surface area contributed by atoms with Crippen molar-refractivity contribution >= 4 is 22.9 Å². The van der Waals surface area contributed by atoms with Crippen molar-refractivity contribution < 1.29 is 0 Å². The molecule has 0 nitrogen and oxygen atoms in total. The van der Waals surface area contributed by atoms with E-state index < -0.39 is 0 Å². The summed E-state index contributed by atoms with van der Waals surface area (Å²) in [6, 6.07) is 4.18. The van der Waals surface area contributed by atoms with Gasteiger partial charge in [-0.2, -0.15) is 0 Å². The zero-order chi connectivity index (χ0) is 9.90. The summed E-state index contributed by atoms with van der Waals surface area (Å²) in [6.07, 6.45) is 3.68. The smallest absolute Gasteiger partial charge is 0.0931 e. The van der Waals surface area contributed by atoms with Crippen LogP contribution in [0.25, 0.3) is 0 Å². The summed E-state index contributed by atoms with van der Waals surface area (Å²) in [7, 11) is 0. The second kappa shape index (κ2) is 4.47. The fourth-order valence-electron chi connectivity index (χ4n) is 1.66. The van der Waals surface area contributed by atoms with Gasteiger partial charge in [0.05, 0.1) is 4.34 Å². The molecule has 1 aromatic rings. The second-order valence-electron chi connectivity index (χ2n) is 3.77. The van der Waals surface area contributed by atoms with Gasteiger partial charge in [0.15, 0.2) is 0 Å². The maximum absolute atomic E-state index is 5.94. The fraction of sp³-hybridized carbons (Fsp3) is 0.636. The van der Waals surface area contributed by atoms with Crippen molar-refractivity contribution in [3.05, 3.63) is 21.3 Å². The highest BCUT2D eigenvalue weighted by atomic mass is 35.5. The quantitative estimate of drug-likeness (QED) is 0.674. The Bertz CT molecular complexity index is 267. The Hall–Kier alpha value is -0.0100. The van der Waals surface area contributed by atoms with E-state index in [1.807, 2.05) is 6.07 Å². The van der Waals surface area contributed by atoms with Crippen molar-refractivity contribution in [3.8, 4) is 0 Å². The zero-order valence-electron chi connectivity index (χ0n) is 8.56. The highest BCUT2D eigenvalue weighted by molar-refractivity contribution is 7.16. The summed E-state index contributed by atoms with van der Waals surface area (Å²) in [5.41, 5.74) is 0.340. The molecule has 0 aliphatic heterocycles. The van der Waals surface area contributed by atoms with E-state index in [4.69, 9.17) is 11.6 Å². The Kier molecular flexibility index (Phi) is 3.81. The van der Waals surface area contributed by atoms with Crippen molar-refractivity contribution in [2.24, 2.45) is 0 Å². The topological polar surface area (TPSA) is 0 Å². The van der Waals surface area contributed by atoms with Gasteiger partial charge in [0, 0.05) is 10.3 Å². The van der Waals surface area contributed by atoms with Gasteiger partial charge in [-0.05, 0) is 25.0 Å². The summed E-state index contributed by atoms with van der Waals surface area (Å²) in [5, 5.41) is 0. The van der Waals surface area contributed by atoms with Crippen LogP contribution in [0.1, 0.15) is 44.9 Å². The van der Waals surface area contributed by atoms with E-state index in [0.29, 0.717) is 5.41 Å². The summed E-state index contributed by atoms with van der Waals surface area (Å²) in [6.45, 7) is 6.82. The third-order valence-corrected chi connectivity index (χ3v) is 4.29. The standard InChI is InChI=1S/C11H17ClS/c1-4-8-11(3,5-2)9-6-7-10(12)13-9/h6-7H,4-5,8H2,1-3H3. The molecular formula is C11H17ClS. The van der Waals surface area contributed by atoms with Gasteiger partial charge in [-0.15, -0.1) is 11.3 Å². The Morgan fingerprint density at radius 2 is 2.08 bits per heavy atom. The summed E-state index contributed by atoms with van der Waals surface area (Å²) >= 11 is 7.67. The van der Waals surface area contributed by atoms with Gasteiger partial charge in [-0.25, -0.2) is 0 Å². The van der Waals surface area contributed by atoms with Crippen molar-refractivity contribution in [1.82, 2.24) is 0 Å². The van der Waals surface area contributed by atoms with Gasteiger partial charge in [0.2, 0.25) is 0 Å². The van der Waals surface area contributed by atoms with E-state index in [0.717, 1.165) is 4.34 Å². The maximum atomic E-state index is 5.94. The van der Waals surface area contributed by atoms with Crippen LogP contribution in [0.3, 0.4) is 0 Å². The molecular weight excluding hydrogens is 200 g/mol. The molecule has 0 fully saturated rings. The second-order valence-corrected chi connectivity index (χ2v) is 5.48. The molecule has 0 amide bonds. The SMILES string of the molecule is CCCC(C)(CC)c1ccc(Cl)s1. The predicted molar refractivity (Wildman–Crippen MR) is 61.9 cm³/mol. The molecule has 1 atom stereocenters. The van der Waals surface area contributed by atoms with Crippen molar-refractivity contribution in [3.63, 3.8) is 0 Å². The Labute approximate surface area is 89.9 Å². The van der Waals surface area contributed by atoms with Crippen molar-refractivity contribution in [1.29, 1.82) is 0 Å². The highest BCUT2D eigenvalue weighted by Gasteiger charge is 2.24. The van der Waals surface area contributed by atoms with Crippen LogP contribution in [0.5, 0.6) is 0 Å². The largest absolute Gasteiger partial charge is 0.128 e. The number of hydrogen-bond donors (Lipinski definition) is 0. The van der Waals surface area contributed by atoms with Gasteiger partial charge < -0.3 is 0 Å². The first-order chi connectivity index (χ1) is 6.12. The van der Waals surface area contributed by atoms with Crippen LogP contribution < -0.4 is 0 Å². The van der Waals surface area contributed by atoms with Crippen LogP contribution in [0, 0.1) is 0 Å². The molecule has 0 N–H and O–H groups in total.